The third-order valence-electron chi connectivity index (χ3n) is 5.34. The standard InChI is InChI=1S/C16H12O4.C12H27N5/c1-9(16(18)19)10-6-7-14-12(8-10)15(17)11-4-2-3-5-13(11)20-14;1-9(2)13-11(14-10(3)4)15-12(16(5)6)17(7)8/h2-9H,1H3,(H,18,19);9-10H,1-8H3,(H,13,14). The summed E-state index contributed by atoms with van der Waals surface area (Å²) in [5, 5.41) is 18.4. The quantitative estimate of drug-likeness (QED) is 0.240. The number of rotatable bonds is 4. The molecule has 9 nitrogen and oxygen atoms in total. The summed E-state index contributed by atoms with van der Waals surface area (Å²) < 4.78 is 7.68. The van der Waals surface area contributed by atoms with Crippen LogP contribution in [0.15, 0.2) is 56.7 Å². The zero-order valence-corrected chi connectivity index (χ0v) is 23.2. The van der Waals surface area contributed by atoms with Crippen molar-refractivity contribution in [1.82, 2.24) is 15.5 Å². The second-order valence-corrected chi connectivity index (χ2v) is 9.83. The number of guanidine groups is 2. The lowest BCUT2D eigenvalue weighted by molar-refractivity contribution is -0.471. The molecule has 3 aromatic rings. The first-order valence-corrected chi connectivity index (χ1v) is 12.3. The highest BCUT2D eigenvalue weighted by Gasteiger charge is 2.16. The molecule has 0 bridgehead atoms. The van der Waals surface area contributed by atoms with Gasteiger partial charge in [-0.1, -0.05) is 25.1 Å². The van der Waals surface area contributed by atoms with Crippen molar-refractivity contribution in [2.24, 2.45) is 4.99 Å². The van der Waals surface area contributed by atoms with Gasteiger partial charge in [0.05, 0.1) is 39.0 Å². The molecular weight excluding hydrogens is 470 g/mol. The van der Waals surface area contributed by atoms with E-state index in [1.807, 2.05) is 37.7 Å². The van der Waals surface area contributed by atoms with E-state index < -0.39 is 11.9 Å². The molecule has 200 valence electrons. The number of fused-ring (bicyclic) bond motifs is 2. The van der Waals surface area contributed by atoms with Gasteiger partial charge in [-0.3, -0.25) is 14.3 Å². The van der Waals surface area contributed by atoms with Gasteiger partial charge >= 0.3 is 5.96 Å². The van der Waals surface area contributed by atoms with E-state index in [9.17, 15) is 14.7 Å². The number of nitrogens with zero attached hydrogens (tertiary/aromatic N) is 3. The van der Waals surface area contributed by atoms with E-state index in [1.165, 1.54) is 6.92 Å². The number of para-hydroxylation sites is 1. The molecule has 37 heavy (non-hydrogen) atoms. The smallest absolute Gasteiger partial charge is 0.354 e. The first-order chi connectivity index (χ1) is 17.3. The Hall–Kier alpha value is -3.88. The number of hydrogen-bond acceptors (Lipinski definition) is 5. The fraction of sp³-hybridized carbons (Fsp3) is 0.429. The minimum atomic E-state index is -1.17. The number of benzene rings is 2. The molecule has 1 atom stereocenters. The molecule has 0 saturated carbocycles. The van der Waals surface area contributed by atoms with Crippen molar-refractivity contribution in [3.63, 3.8) is 0 Å². The summed E-state index contributed by atoms with van der Waals surface area (Å²) >= 11 is 0. The molecule has 0 aliphatic heterocycles. The molecule has 2 N–H and O–H groups in total. The van der Waals surface area contributed by atoms with Gasteiger partial charge in [-0.25, -0.2) is 10.3 Å². The summed E-state index contributed by atoms with van der Waals surface area (Å²) in [6.45, 7) is 9.85. The second-order valence-electron chi connectivity index (χ2n) is 9.83. The van der Waals surface area contributed by atoms with Crippen LogP contribution in [0.4, 0.5) is 0 Å². The number of carbonyl (C=O) groups excluding carboxylic acids is 1. The van der Waals surface area contributed by atoms with Crippen molar-refractivity contribution in [3.05, 3.63) is 58.3 Å². The number of carbonyl (C=O) groups is 1. The topological polar surface area (TPSA) is 113 Å². The zero-order chi connectivity index (χ0) is 27.9. The zero-order valence-electron chi connectivity index (χ0n) is 23.2. The van der Waals surface area contributed by atoms with E-state index in [0.717, 1.165) is 11.9 Å². The van der Waals surface area contributed by atoms with Crippen molar-refractivity contribution in [1.29, 1.82) is 0 Å². The van der Waals surface area contributed by atoms with E-state index in [4.69, 9.17) is 4.42 Å². The van der Waals surface area contributed by atoms with Crippen LogP contribution in [0, 0.1) is 0 Å². The molecule has 0 aliphatic rings. The molecule has 0 aliphatic carbocycles. The minimum absolute atomic E-state index is 0.158. The Kier molecular flexibility index (Phi) is 10.2. The highest BCUT2D eigenvalue weighted by atomic mass is 16.4. The number of aliphatic imine (C=N–C) groups is 1. The van der Waals surface area contributed by atoms with E-state index in [0.29, 0.717) is 33.5 Å². The summed E-state index contributed by atoms with van der Waals surface area (Å²) in [5.41, 5.74) is 1.34. The Balaban J connectivity index is 0.000000265. The van der Waals surface area contributed by atoms with Gasteiger partial charge in [0.25, 0.3) is 5.96 Å². The van der Waals surface area contributed by atoms with Crippen molar-refractivity contribution in [2.45, 2.75) is 52.6 Å². The van der Waals surface area contributed by atoms with E-state index in [2.05, 4.69) is 43.3 Å². The molecule has 0 radical (unpaired) electrons. The minimum Gasteiger partial charge on any atom is -0.550 e. The number of carboxylic acids is 1. The van der Waals surface area contributed by atoms with Crippen molar-refractivity contribution < 1.29 is 18.9 Å². The fourth-order valence-corrected chi connectivity index (χ4v) is 3.59. The monoisotopic (exact) mass is 509 g/mol. The molecule has 1 heterocycles. The van der Waals surface area contributed by atoms with Crippen LogP contribution in [0.2, 0.25) is 0 Å². The molecule has 0 saturated heterocycles. The Morgan fingerprint density at radius 3 is 2.16 bits per heavy atom. The Labute approximate surface area is 218 Å². The number of hydrogen-bond donors (Lipinski definition) is 2. The lowest BCUT2D eigenvalue weighted by Crippen LogP contribution is -2.51. The summed E-state index contributed by atoms with van der Waals surface area (Å²) in [4.78, 5) is 29.9. The molecule has 9 heteroatoms. The average Bonchev–Trinajstić information content (AvgIpc) is 2.81. The van der Waals surface area contributed by atoms with Crippen LogP contribution in [-0.2, 0) is 4.79 Å². The number of aliphatic carboxylic acids is 1. The third kappa shape index (κ3) is 8.06. The van der Waals surface area contributed by atoms with Gasteiger partial charge in [0.15, 0.2) is 0 Å². The highest BCUT2D eigenvalue weighted by Crippen LogP contribution is 2.22. The first-order valence-electron chi connectivity index (χ1n) is 12.3. The predicted molar refractivity (Wildman–Crippen MR) is 148 cm³/mol. The van der Waals surface area contributed by atoms with Crippen molar-refractivity contribution >= 4 is 39.8 Å². The number of nitrogens with one attached hydrogen (secondary N) is 2. The van der Waals surface area contributed by atoms with Gasteiger partial charge in [-0.05, 0) is 57.5 Å². The lowest BCUT2D eigenvalue weighted by Gasteiger charge is -2.17. The van der Waals surface area contributed by atoms with E-state index in [1.54, 1.807) is 42.5 Å². The van der Waals surface area contributed by atoms with Gasteiger partial charge in [0.2, 0.25) is 5.43 Å². The summed E-state index contributed by atoms with van der Waals surface area (Å²) in [7, 11) is 8.02. The average molecular weight is 510 g/mol. The Morgan fingerprint density at radius 1 is 1.00 bits per heavy atom. The van der Waals surface area contributed by atoms with Gasteiger partial charge in [-0.15, -0.1) is 0 Å². The Morgan fingerprint density at radius 2 is 1.62 bits per heavy atom. The van der Waals surface area contributed by atoms with Crippen LogP contribution in [0.1, 0.15) is 46.1 Å². The van der Waals surface area contributed by atoms with Crippen molar-refractivity contribution in [3.8, 4) is 0 Å². The molecular formula is C28H39N5O4. The molecule has 0 amide bonds. The van der Waals surface area contributed by atoms with Gasteiger partial charge in [-0.2, -0.15) is 0 Å². The highest BCUT2D eigenvalue weighted by molar-refractivity contribution is 5.96. The fourth-order valence-electron chi connectivity index (χ4n) is 3.59. The SMILES string of the molecule is CC(C(=O)[O-])c1ccc2oc3ccccc3c(=O)c2c1.CC(C)N=C(NC(N(C)C)=[N+](C)C)NC(C)C. The van der Waals surface area contributed by atoms with Gasteiger partial charge < -0.3 is 19.6 Å². The summed E-state index contributed by atoms with van der Waals surface area (Å²) in [6, 6.07) is 12.4. The maximum atomic E-state index is 12.4. The van der Waals surface area contributed by atoms with Crippen LogP contribution in [0.25, 0.3) is 21.9 Å². The molecule has 1 aromatic heterocycles. The molecule has 0 spiro atoms. The van der Waals surface area contributed by atoms with E-state index in [-0.39, 0.29) is 11.5 Å². The summed E-state index contributed by atoms with van der Waals surface area (Å²) in [6.07, 6.45) is 0. The van der Waals surface area contributed by atoms with E-state index >= 15 is 0 Å². The third-order valence-corrected chi connectivity index (χ3v) is 5.34. The van der Waals surface area contributed by atoms with Crippen LogP contribution in [-0.4, -0.2) is 67.6 Å². The molecule has 3 rings (SSSR count). The summed E-state index contributed by atoms with van der Waals surface area (Å²) in [5.74, 6) is -0.134. The maximum Gasteiger partial charge on any atom is 0.354 e. The van der Waals surface area contributed by atoms with Crippen LogP contribution in [0.3, 0.4) is 0 Å². The molecule has 1 unspecified atom stereocenters. The van der Waals surface area contributed by atoms with Gasteiger partial charge in [0.1, 0.15) is 11.2 Å². The maximum absolute atomic E-state index is 12.4. The van der Waals surface area contributed by atoms with Crippen LogP contribution in [0.5, 0.6) is 0 Å². The first kappa shape index (κ1) is 29.4. The van der Waals surface area contributed by atoms with Crippen LogP contribution >= 0.6 is 0 Å². The predicted octanol–water partition coefficient (Wildman–Crippen LogP) is 2.33. The largest absolute Gasteiger partial charge is 0.550 e. The van der Waals surface area contributed by atoms with Crippen LogP contribution < -0.4 is 21.2 Å². The van der Waals surface area contributed by atoms with Gasteiger partial charge in [0, 0.05) is 24.0 Å². The Bertz CT molecular complexity index is 1350. The van der Waals surface area contributed by atoms with Crippen molar-refractivity contribution in [2.75, 3.05) is 28.2 Å². The lowest BCUT2D eigenvalue weighted by atomic mass is 9.99. The molecule has 2 aromatic carbocycles. The second kappa shape index (κ2) is 12.9. The number of carboxylic acid groups (broad SMARTS) is 1. The molecule has 0 fully saturated rings. The normalized spacial score (nSPS) is 12.2.